The minimum absolute atomic E-state index is 0.0321. The first-order valence-electron chi connectivity index (χ1n) is 6.28. The van der Waals surface area contributed by atoms with E-state index in [9.17, 15) is 13.2 Å². The lowest BCUT2D eigenvalue weighted by Gasteiger charge is -2.23. The molecular formula is C13H19BrN2O3S. The average molecular weight is 363 g/mol. The molecule has 0 fully saturated rings. The van der Waals surface area contributed by atoms with Gasteiger partial charge in [-0.05, 0) is 37.6 Å². The highest BCUT2D eigenvalue weighted by Gasteiger charge is 2.15. The largest absolute Gasteiger partial charge is 0.311 e. The Hall–Kier alpha value is -0.920. The van der Waals surface area contributed by atoms with Gasteiger partial charge in [0.15, 0.2) is 0 Å². The van der Waals surface area contributed by atoms with Gasteiger partial charge in [-0.15, -0.1) is 0 Å². The number of amides is 1. The Morgan fingerprint density at radius 2 is 2.05 bits per heavy atom. The molecule has 5 nitrogen and oxygen atoms in total. The van der Waals surface area contributed by atoms with Crippen molar-refractivity contribution in [2.24, 2.45) is 0 Å². The van der Waals surface area contributed by atoms with E-state index in [1.807, 2.05) is 25.1 Å². The third kappa shape index (κ3) is 4.88. The predicted molar refractivity (Wildman–Crippen MR) is 84.4 cm³/mol. The molecule has 0 atom stereocenters. The number of halogens is 1. The number of nitrogens with one attached hydrogen (secondary N) is 1. The van der Waals surface area contributed by atoms with Crippen LogP contribution in [0.4, 0.5) is 5.69 Å². The normalized spacial score (nSPS) is 11.4. The zero-order valence-corrected chi connectivity index (χ0v) is 14.2. The molecule has 0 aliphatic heterocycles. The SMILES string of the molecule is CCS(=O)(=O)NCCN(C(C)=O)c1ccc(Br)cc1C. The van der Waals surface area contributed by atoms with E-state index >= 15 is 0 Å². The molecule has 0 aromatic heterocycles. The first-order valence-corrected chi connectivity index (χ1v) is 8.73. The van der Waals surface area contributed by atoms with Crippen LogP contribution >= 0.6 is 15.9 Å². The summed E-state index contributed by atoms with van der Waals surface area (Å²) in [5, 5.41) is 0. The Morgan fingerprint density at radius 3 is 2.55 bits per heavy atom. The minimum atomic E-state index is -3.24. The van der Waals surface area contributed by atoms with E-state index in [0.717, 1.165) is 15.7 Å². The molecule has 0 heterocycles. The van der Waals surface area contributed by atoms with Crippen molar-refractivity contribution < 1.29 is 13.2 Å². The fraction of sp³-hybridized carbons (Fsp3) is 0.462. The Kier molecular flexibility index (Phi) is 6.16. The molecule has 0 aliphatic rings. The topological polar surface area (TPSA) is 66.5 Å². The first kappa shape index (κ1) is 17.1. The maximum Gasteiger partial charge on any atom is 0.223 e. The van der Waals surface area contributed by atoms with Gasteiger partial charge in [-0.2, -0.15) is 0 Å². The number of hydrogen-bond acceptors (Lipinski definition) is 3. The second-order valence-electron chi connectivity index (χ2n) is 4.40. The van der Waals surface area contributed by atoms with Gasteiger partial charge in [0.05, 0.1) is 5.75 Å². The Bertz CT molecular complexity index is 587. The molecule has 1 aromatic carbocycles. The van der Waals surface area contributed by atoms with Gasteiger partial charge in [0.1, 0.15) is 0 Å². The first-order chi connectivity index (χ1) is 9.26. The standard InChI is InChI=1S/C13H19BrN2O3S/c1-4-20(18,19)15-7-8-16(11(3)17)13-6-5-12(14)9-10(13)2/h5-6,9,15H,4,7-8H2,1-3H3. The van der Waals surface area contributed by atoms with Crippen molar-refractivity contribution >= 4 is 37.5 Å². The fourth-order valence-corrected chi connectivity index (χ4v) is 2.87. The number of carbonyl (C=O) groups is 1. The van der Waals surface area contributed by atoms with Crippen molar-refractivity contribution in [3.05, 3.63) is 28.2 Å². The summed E-state index contributed by atoms with van der Waals surface area (Å²) in [6.07, 6.45) is 0. The number of aryl methyl sites for hydroxylation is 1. The number of nitrogens with zero attached hydrogens (tertiary/aromatic N) is 1. The van der Waals surface area contributed by atoms with Gasteiger partial charge in [0.2, 0.25) is 15.9 Å². The van der Waals surface area contributed by atoms with E-state index in [1.165, 1.54) is 6.92 Å². The molecule has 1 rings (SSSR count). The Labute approximate surface area is 128 Å². The van der Waals surface area contributed by atoms with Crippen LogP contribution in [0.5, 0.6) is 0 Å². The molecule has 0 bridgehead atoms. The minimum Gasteiger partial charge on any atom is -0.311 e. The van der Waals surface area contributed by atoms with Gasteiger partial charge in [0, 0.05) is 30.2 Å². The lowest BCUT2D eigenvalue weighted by atomic mass is 10.2. The van der Waals surface area contributed by atoms with E-state index < -0.39 is 10.0 Å². The monoisotopic (exact) mass is 362 g/mol. The maximum atomic E-state index is 11.7. The van der Waals surface area contributed by atoms with Gasteiger partial charge in [-0.25, -0.2) is 13.1 Å². The van der Waals surface area contributed by atoms with Crippen LogP contribution in [0.15, 0.2) is 22.7 Å². The van der Waals surface area contributed by atoms with Gasteiger partial charge in [0.25, 0.3) is 0 Å². The molecule has 0 saturated heterocycles. The molecule has 0 radical (unpaired) electrons. The summed E-state index contributed by atoms with van der Waals surface area (Å²) < 4.78 is 26.2. The molecule has 1 N–H and O–H groups in total. The van der Waals surface area contributed by atoms with E-state index in [-0.39, 0.29) is 18.2 Å². The lowest BCUT2D eigenvalue weighted by Crippen LogP contribution is -2.38. The van der Waals surface area contributed by atoms with Crippen LogP contribution in [0.3, 0.4) is 0 Å². The van der Waals surface area contributed by atoms with Crippen molar-refractivity contribution in [3.8, 4) is 0 Å². The summed E-state index contributed by atoms with van der Waals surface area (Å²) in [6, 6.07) is 5.62. The summed E-state index contributed by atoms with van der Waals surface area (Å²) in [5.41, 5.74) is 1.74. The number of rotatable bonds is 6. The summed E-state index contributed by atoms with van der Waals surface area (Å²) in [7, 11) is -3.24. The lowest BCUT2D eigenvalue weighted by molar-refractivity contribution is -0.116. The smallest absolute Gasteiger partial charge is 0.223 e. The molecular weight excluding hydrogens is 344 g/mol. The third-order valence-electron chi connectivity index (χ3n) is 2.87. The number of hydrogen-bond donors (Lipinski definition) is 1. The van der Waals surface area contributed by atoms with E-state index in [1.54, 1.807) is 11.8 Å². The number of sulfonamides is 1. The number of benzene rings is 1. The predicted octanol–water partition coefficient (Wildman–Crippen LogP) is 2.05. The summed E-state index contributed by atoms with van der Waals surface area (Å²) in [4.78, 5) is 13.3. The fourth-order valence-electron chi connectivity index (χ4n) is 1.78. The van der Waals surface area contributed by atoms with Crippen molar-refractivity contribution in [3.63, 3.8) is 0 Å². The van der Waals surface area contributed by atoms with Crippen molar-refractivity contribution in [1.82, 2.24) is 4.72 Å². The molecule has 1 amide bonds. The highest BCUT2D eigenvalue weighted by molar-refractivity contribution is 9.10. The quantitative estimate of drug-likeness (QED) is 0.841. The molecule has 20 heavy (non-hydrogen) atoms. The Balaban J connectivity index is 2.83. The molecule has 1 aromatic rings. The Morgan fingerprint density at radius 1 is 1.40 bits per heavy atom. The molecule has 0 saturated carbocycles. The highest BCUT2D eigenvalue weighted by Crippen LogP contribution is 2.23. The van der Waals surface area contributed by atoms with Crippen LogP contribution in [0, 0.1) is 6.92 Å². The zero-order valence-electron chi connectivity index (χ0n) is 11.8. The van der Waals surface area contributed by atoms with E-state index in [4.69, 9.17) is 0 Å². The summed E-state index contributed by atoms with van der Waals surface area (Å²) in [5.74, 6) is -0.0872. The number of carbonyl (C=O) groups excluding carboxylic acids is 1. The van der Waals surface area contributed by atoms with Crippen molar-refractivity contribution in [2.45, 2.75) is 20.8 Å². The van der Waals surface area contributed by atoms with Gasteiger partial charge < -0.3 is 4.90 Å². The van der Waals surface area contributed by atoms with Crippen molar-refractivity contribution in [1.29, 1.82) is 0 Å². The molecule has 112 valence electrons. The molecule has 0 spiro atoms. The van der Waals surface area contributed by atoms with Crippen LogP contribution in [0.25, 0.3) is 0 Å². The number of anilines is 1. The van der Waals surface area contributed by atoms with Gasteiger partial charge >= 0.3 is 0 Å². The van der Waals surface area contributed by atoms with Gasteiger partial charge in [-0.3, -0.25) is 4.79 Å². The van der Waals surface area contributed by atoms with E-state index in [0.29, 0.717) is 6.54 Å². The van der Waals surface area contributed by atoms with Crippen LogP contribution in [-0.4, -0.2) is 33.2 Å². The average Bonchev–Trinajstić information content (AvgIpc) is 2.35. The van der Waals surface area contributed by atoms with E-state index in [2.05, 4.69) is 20.7 Å². The zero-order chi connectivity index (χ0) is 15.3. The second kappa shape index (κ2) is 7.19. The van der Waals surface area contributed by atoms with Gasteiger partial charge in [-0.1, -0.05) is 15.9 Å². The summed E-state index contributed by atoms with van der Waals surface area (Å²) >= 11 is 3.38. The molecule has 0 aliphatic carbocycles. The molecule has 0 unspecified atom stereocenters. The van der Waals surface area contributed by atoms with Crippen LogP contribution in [0.1, 0.15) is 19.4 Å². The van der Waals surface area contributed by atoms with Crippen LogP contribution in [0.2, 0.25) is 0 Å². The summed E-state index contributed by atoms with van der Waals surface area (Å²) in [6.45, 7) is 5.45. The maximum absolute atomic E-state index is 11.7. The third-order valence-corrected chi connectivity index (χ3v) is 4.76. The van der Waals surface area contributed by atoms with Crippen molar-refractivity contribution in [2.75, 3.05) is 23.7 Å². The van der Waals surface area contributed by atoms with Crippen LogP contribution in [-0.2, 0) is 14.8 Å². The van der Waals surface area contributed by atoms with Crippen LogP contribution < -0.4 is 9.62 Å². The second-order valence-corrected chi connectivity index (χ2v) is 7.41. The highest BCUT2D eigenvalue weighted by atomic mass is 79.9. The molecule has 7 heteroatoms.